The maximum Gasteiger partial charge on any atom is 0.306 e. The summed E-state index contributed by atoms with van der Waals surface area (Å²) >= 11 is 26.2. The Morgan fingerprint density at radius 2 is 1.03 bits per heavy atom. The first kappa shape index (κ1) is 58.5. The molecule has 10 rings (SSSR count). The Bertz CT molecular complexity index is 3280. The van der Waals surface area contributed by atoms with Crippen molar-refractivity contribution in [2.24, 2.45) is 22.5 Å². The lowest BCUT2D eigenvalue weighted by Crippen LogP contribution is -2.52. The molecule has 79 heavy (non-hydrogen) atoms. The van der Waals surface area contributed by atoms with Gasteiger partial charge in [0.25, 0.3) is 0 Å². The Morgan fingerprint density at radius 3 is 1.41 bits per heavy atom. The van der Waals surface area contributed by atoms with E-state index in [-0.39, 0.29) is 5.97 Å². The zero-order chi connectivity index (χ0) is 56.5. The number of nitrogens with two attached hydrogens (primary N) is 1. The zero-order valence-electron chi connectivity index (χ0n) is 45.9. The Balaban J connectivity index is 0.000000195. The lowest BCUT2D eigenvalue weighted by atomic mass is 9.57. The lowest BCUT2D eigenvalue weighted by Gasteiger charge is -2.52. The van der Waals surface area contributed by atoms with Crippen molar-refractivity contribution in [2.45, 2.75) is 90.2 Å². The molecule has 4 fully saturated rings. The van der Waals surface area contributed by atoms with E-state index >= 15 is 0 Å². The third-order valence-corrected chi connectivity index (χ3v) is 19.7. The maximum atomic E-state index is 12.8. The monoisotopic (exact) mass is 1190 g/mol. The molecule has 0 bridgehead atoms. The number of piperidine rings is 2. The molecule has 0 atom stereocenters. The fourth-order valence-electron chi connectivity index (χ4n) is 11.6. The Morgan fingerprint density at radius 1 is 0.620 bits per heavy atom. The molecule has 0 unspecified atom stereocenters. The SMILES string of the molecule is CC(C)(C)OC(=O)CC1CC2(CCN(c3ccc(Nc4ncc(Cl)c(Nc5ccccc5P(C)(C)=O)n4)cc3Cl)CC2)C1.CP(C)(=O)c1ccccc1Nc1nc(Nc2ccc(N3CCC4(CC3)CC(N)C4)c(Cl)c2)ncc1Cl. The summed E-state index contributed by atoms with van der Waals surface area (Å²) in [5, 5.41) is 16.4. The number of nitrogens with zero attached hydrogens (tertiary/aromatic N) is 6. The first-order chi connectivity index (χ1) is 37.3. The normalized spacial score (nSPS) is 17.3. The molecule has 2 aliphatic heterocycles. The van der Waals surface area contributed by atoms with Crippen molar-refractivity contribution in [1.82, 2.24) is 19.9 Å². The maximum absolute atomic E-state index is 12.8. The van der Waals surface area contributed by atoms with Gasteiger partial charge in [-0.25, -0.2) is 9.97 Å². The molecule has 0 amide bonds. The van der Waals surface area contributed by atoms with Gasteiger partial charge < -0.3 is 50.7 Å². The Kier molecular flexibility index (Phi) is 17.6. The molecule has 21 heteroatoms. The van der Waals surface area contributed by atoms with Crippen LogP contribution in [0.2, 0.25) is 20.1 Å². The zero-order valence-corrected chi connectivity index (χ0v) is 50.7. The molecule has 2 saturated carbocycles. The Labute approximate surface area is 484 Å². The minimum Gasteiger partial charge on any atom is -0.460 e. The molecule has 15 nitrogen and oxygen atoms in total. The van der Waals surface area contributed by atoms with Crippen LogP contribution in [-0.2, 0) is 18.7 Å². The van der Waals surface area contributed by atoms with E-state index in [1.807, 2.05) is 106 Å². The highest BCUT2D eigenvalue weighted by atomic mass is 35.5. The number of ether oxygens (including phenoxy) is 1. The smallest absolute Gasteiger partial charge is 0.306 e. The highest BCUT2D eigenvalue weighted by Gasteiger charge is 2.47. The largest absolute Gasteiger partial charge is 0.460 e. The molecule has 4 aromatic carbocycles. The summed E-state index contributed by atoms with van der Waals surface area (Å²) in [6.07, 6.45) is 12.6. The fraction of sp³-hybridized carbons (Fsp3) is 0.431. The van der Waals surface area contributed by atoms with E-state index in [9.17, 15) is 13.9 Å². The number of para-hydroxylation sites is 2. The summed E-state index contributed by atoms with van der Waals surface area (Å²) in [6.45, 7) is 16.5. The van der Waals surface area contributed by atoms with E-state index in [4.69, 9.17) is 56.9 Å². The number of hydrogen-bond acceptors (Lipinski definition) is 15. The van der Waals surface area contributed by atoms with Crippen LogP contribution in [0, 0.1) is 16.7 Å². The lowest BCUT2D eigenvalue weighted by molar-refractivity contribution is -0.158. The van der Waals surface area contributed by atoms with E-state index in [0.29, 0.717) is 84.2 Å². The number of benzene rings is 4. The van der Waals surface area contributed by atoms with Crippen LogP contribution in [0.15, 0.2) is 97.3 Å². The van der Waals surface area contributed by atoms with Gasteiger partial charge in [0.05, 0.1) is 45.2 Å². The van der Waals surface area contributed by atoms with Gasteiger partial charge >= 0.3 is 5.97 Å². The van der Waals surface area contributed by atoms with Crippen molar-refractivity contribution in [1.29, 1.82) is 0 Å². The van der Waals surface area contributed by atoms with Gasteiger partial charge in [-0.1, -0.05) is 70.7 Å². The highest BCUT2D eigenvalue weighted by molar-refractivity contribution is 7.70. The van der Waals surface area contributed by atoms with Gasteiger partial charge in [0, 0.05) is 60.6 Å². The van der Waals surface area contributed by atoms with Crippen LogP contribution >= 0.6 is 60.7 Å². The standard InChI is InChI=1S/C32H40Cl2N5O3P.C26H31Cl2N6OP/c1-31(2,3)42-28(40)16-21-18-32(19-21)12-14-39(15-13-32)26-11-10-22(17-23(26)33)36-30-35-20-24(34)29(38-30)37-25-8-6-7-9-27(25)43(4,5)41;1-36(2,35)23-6-4-3-5-21(23)32-24-20(28)16-30-25(33-24)31-18-7-8-22(19(27)13-18)34-11-9-26(10-12-34)14-17(29)15-26/h6-11,17,20-21H,12-16,18-19H2,1-5H3,(H2,35,36,37,38);3-8,13,16-17H,9-12,14-15,29H2,1-2H3,(H2,30,31,32,33). The summed E-state index contributed by atoms with van der Waals surface area (Å²) in [7, 11) is -5.01. The first-order valence-electron chi connectivity index (χ1n) is 26.8. The summed E-state index contributed by atoms with van der Waals surface area (Å²) in [4.78, 5) is 34.7. The van der Waals surface area contributed by atoms with Gasteiger partial charge in [-0.15, -0.1) is 0 Å². The second kappa shape index (κ2) is 23.8. The summed E-state index contributed by atoms with van der Waals surface area (Å²) in [6, 6.07) is 27.1. The van der Waals surface area contributed by atoms with Crippen LogP contribution in [0.5, 0.6) is 0 Å². The van der Waals surface area contributed by atoms with Crippen LogP contribution in [0.1, 0.15) is 78.6 Å². The van der Waals surface area contributed by atoms with E-state index in [0.717, 1.165) is 98.1 Å². The van der Waals surface area contributed by atoms with Gasteiger partial charge in [0.2, 0.25) is 11.9 Å². The average molecular weight is 1190 g/mol. The average Bonchev–Trinajstić information content (AvgIpc) is 3.53. The number of rotatable bonds is 14. The van der Waals surface area contributed by atoms with Gasteiger partial charge in [0.1, 0.15) is 29.9 Å². The number of carbonyl (C=O) groups excluding carboxylic acids is 1. The van der Waals surface area contributed by atoms with Crippen molar-refractivity contribution in [3.8, 4) is 0 Å². The molecule has 420 valence electrons. The van der Waals surface area contributed by atoms with E-state index in [2.05, 4.69) is 51.0 Å². The molecular formula is C58H71Cl4N11O4P2. The molecule has 2 spiro atoms. The van der Waals surface area contributed by atoms with Crippen molar-refractivity contribution < 1.29 is 18.7 Å². The van der Waals surface area contributed by atoms with Crippen molar-refractivity contribution in [3.05, 3.63) is 117 Å². The molecule has 2 saturated heterocycles. The number of nitrogens with one attached hydrogen (secondary N) is 4. The number of aromatic nitrogens is 4. The van der Waals surface area contributed by atoms with Crippen LogP contribution in [0.4, 0.5) is 57.7 Å². The number of hydrogen-bond donors (Lipinski definition) is 5. The van der Waals surface area contributed by atoms with Crippen molar-refractivity contribution >= 4 is 135 Å². The topological polar surface area (TPSA) is 193 Å². The second-order valence-corrected chi connectivity index (χ2v) is 31.6. The van der Waals surface area contributed by atoms with Gasteiger partial charge in [0.15, 0.2) is 11.6 Å². The Hall–Kier alpha value is -5.11. The minimum absolute atomic E-state index is 0.0865. The van der Waals surface area contributed by atoms with Gasteiger partial charge in [-0.05, 0) is 176 Å². The summed E-state index contributed by atoms with van der Waals surface area (Å²) in [5.41, 5.74) is 11.4. The predicted molar refractivity (Wildman–Crippen MR) is 329 cm³/mol. The van der Waals surface area contributed by atoms with Crippen LogP contribution in [-0.4, -0.2) is 90.4 Å². The van der Waals surface area contributed by atoms with Crippen LogP contribution in [0.3, 0.4) is 0 Å². The summed E-state index contributed by atoms with van der Waals surface area (Å²) < 4.78 is 31.0. The van der Waals surface area contributed by atoms with Crippen LogP contribution < -0.4 is 47.4 Å². The molecule has 4 aliphatic rings. The summed E-state index contributed by atoms with van der Waals surface area (Å²) in [5.74, 6) is 1.91. The molecule has 2 aromatic heterocycles. The molecule has 6 N–H and O–H groups in total. The van der Waals surface area contributed by atoms with E-state index in [1.54, 1.807) is 26.7 Å². The highest BCUT2D eigenvalue weighted by Crippen LogP contribution is 2.55. The minimum atomic E-state index is -2.52. The molecule has 0 radical (unpaired) electrons. The second-order valence-electron chi connectivity index (χ2n) is 23.6. The number of anilines is 10. The van der Waals surface area contributed by atoms with E-state index in [1.165, 1.54) is 25.2 Å². The number of carbonyl (C=O) groups is 1. The van der Waals surface area contributed by atoms with Gasteiger partial charge in [-0.2, -0.15) is 9.97 Å². The molecule has 6 aromatic rings. The predicted octanol–water partition coefficient (Wildman–Crippen LogP) is 14.5. The van der Waals surface area contributed by atoms with Crippen LogP contribution in [0.25, 0.3) is 0 Å². The molecule has 4 heterocycles. The first-order valence-corrected chi connectivity index (χ1v) is 33.5. The molecule has 2 aliphatic carbocycles. The van der Waals surface area contributed by atoms with E-state index < -0.39 is 19.9 Å². The molecular weight excluding hydrogens is 1120 g/mol. The van der Waals surface area contributed by atoms with Crippen molar-refractivity contribution in [3.63, 3.8) is 0 Å². The number of esters is 1. The van der Waals surface area contributed by atoms with Crippen molar-refractivity contribution in [2.75, 3.05) is 83.9 Å². The third-order valence-electron chi connectivity index (χ3n) is 15.4. The fourth-order valence-corrected chi connectivity index (χ4v) is 14.8. The third kappa shape index (κ3) is 14.7. The quantitative estimate of drug-likeness (QED) is 0.0511. The number of halogens is 4. The van der Waals surface area contributed by atoms with Gasteiger partial charge in [-0.3, -0.25) is 4.79 Å².